The summed E-state index contributed by atoms with van der Waals surface area (Å²) in [4.78, 5) is 26.4. The first-order chi connectivity index (χ1) is 11.1. The van der Waals surface area contributed by atoms with Crippen molar-refractivity contribution in [1.29, 1.82) is 0 Å². The molecule has 2 rings (SSSR count). The maximum Gasteiger partial charge on any atom is 0.350 e. The summed E-state index contributed by atoms with van der Waals surface area (Å²) in [5.74, 6) is 0.257. The van der Waals surface area contributed by atoms with Gasteiger partial charge in [0.25, 0.3) is 0 Å². The van der Waals surface area contributed by atoms with Gasteiger partial charge in [0.05, 0.1) is 19.3 Å². The number of carbonyl (C=O) groups excluding carboxylic acids is 2. The summed E-state index contributed by atoms with van der Waals surface area (Å²) in [7, 11) is 3.32. The molecule has 2 heterocycles. The van der Waals surface area contributed by atoms with Gasteiger partial charge < -0.3 is 15.4 Å². The van der Waals surface area contributed by atoms with Gasteiger partial charge in [0.1, 0.15) is 4.88 Å². The Hall–Kier alpha value is -1.44. The van der Waals surface area contributed by atoms with Crippen LogP contribution in [0.5, 0.6) is 0 Å². The minimum Gasteiger partial charge on any atom is -0.465 e. The Kier molecular flexibility index (Phi) is 7.01. The zero-order valence-corrected chi connectivity index (χ0v) is 14.6. The van der Waals surface area contributed by atoms with Crippen molar-refractivity contribution in [1.82, 2.24) is 10.2 Å². The second-order valence-corrected chi connectivity index (χ2v) is 6.73. The Bertz CT molecular complexity index is 524. The molecule has 1 saturated heterocycles. The number of piperidine rings is 1. The van der Waals surface area contributed by atoms with E-state index in [0.717, 1.165) is 38.4 Å². The van der Waals surface area contributed by atoms with Crippen LogP contribution in [0.25, 0.3) is 0 Å². The fraction of sp³-hybridized carbons (Fsp3) is 0.625. The number of likely N-dealkylation sites (tertiary alicyclic amines) is 1. The number of esters is 1. The number of hydrogen-bond donors (Lipinski definition) is 2. The lowest BCUT2D eigenvalue weighted by Crippen LogP contribution is -2.39. The molecule has 6 nitrogen and oxygen atoms in total. The second kappa shape index (κ2) is 9.00. The third-order valence-corrected chi connectivity index (χ3v) is 5.08. The van der Waals surface area contributed by atoms with Crippen LogP contribution in [0.15, 0.2) is 11.4 Å². The summed E-state index contributed by atoms with van der Waals surface area (Å²) in [6, 6.07) is 1.73. The lowest BCUT2D eigenvalue weighted by atomic mass is 9.93. The number of carbonyl (C=O) groups is 2. The largest absolute Gasteiger partial charge is 0.465 e. The fourth-order valence-electron chi connectivity index (χ4n) is 2.83. The second-order valence-electron chi connectivity index (χ2n) is 5.81. The van der Waals surface area contributed by atoms with E-state index in [0.29, 0.717) is 17.1 Å². The van der Waals surface area contributed by atoms with E-state index in [1.165, 1.54) is 24.9 Å². The monoisotopic (exact) mass is 339 g/mol. The van der Waals surface area contributed by atoms with E-state index in [9.17, 15) is 9.59 Å². The van der Waals surface area contributed by atoms with Gasteiger partial charge in [-0.15, -0.1) is 11.3 Å². The van der Waals surface area contributed by atoms with Crippen LogP contribution >= 0.6 is 11.3 Å². The Balaban J connectivity index is 1.78. The number of nitrogens with zero attached hydrogens (tertiary/aromatic N) is 1. The summed E-state index contributed by atoms with van der Waals surface area (Å²) < 4.78 is 4.72. The Morgan fingerprint density at radius 3 is 2.78 bits per heavy atom. The van der Waals surface area contributed by atoms with Crippen LogP contribution in [0, 0.1) is 5.92 Å². The first kappa shape index (κ1) is 17.9. The third kappa shape index (κ3) is 5.30. The normalized spacial score (nSPS) is 16.3. The van der Waals surface area contributed by atoms with Gasteiger partial charge in [-0.2, -0.15) is 0 Å². The van der Waals surface area contributed by atoms with Crippen molar-refractivity contribution >= 4 is 28.9 Å². The summed E-state index contributed by atoms with van der Waals surface area (Å²) >= 11 is 1.27. The Morgan fingerprint density at radius 2 is 2.13 bits per heavy atom. The molecule has 0 spiro atoms. The highest BCUT2D eigenvalue weighted by molar-refractivity contribution is 7.12. The molecule has 0 aromatic carbocycles. The zero-order chi connectivity index (χ0) is 16.7. The molecule has 23 heavy (non-hydrogen) atoms. The molecular weight excluding hydrogens is 314 g/mol. The molecule has 1 aromatic heterocycles. The lowest BCUT2D eigenvalue weighted by molar-refractivity contribution is -0.117. The van der Waals surface area contributed by atoms with Gasteiger partial charge in [-0.25, -0.2) is 4.79 Å². The molecule has 1 amide bonds. The van der Waals surface area contributed by atoms with Crippen molar-refractivity contribution in [2.24, 2.45) is 5.92 Å². The lowest BCUT2D eigenvalue weighted by Gasteiger charge is -2.31. The highest BCUT2D eigenvalue weighted by Gasteiger charge is 2.21. The van der Waals surface area contributed by atoms with Crippen LogP contribution in [0.1, 0.15) is 28.9 Å². The van der Waals surface area contributed by atoms with E-state index in [2.05, 4.69) is 15.5 Å². The van der Waals surface area contributed by atoms with Crippen molar-refractivity contribution in [2.45, 2.75) is 19.3 Å². The van der Waals surface area contributed by atoms with Crippen LogP contribution < -0.4 is 10.6 Å². The molecule has 7 heteroatoms. The van der Waals surface area contributed by atoms with E-state index in [4.69, 9.17) is 4.74 Å². The van der Waals surface area contributed by atoms with Gasteiger partial charge in [0.2, 0.25) is 5.91 Å². The van der Waals surface area contributed by atoms with Gasteiger partial charge in [-0.3, -0.25) is 9.69 Å². The van der Waals surface area contributed by atoms with Gasteiger partial charge >= 0.3 is 5.97 Å². The molecule has 1 aromatic rings. The Labute approximate surface area is 141 Å². The number of ether oxygens (including phenoxy) is 1. The minimum absolute atomic E-state index is 0.0813. The van der Waals surface area contributed by atoms with Gasteiger partial charge in [-0.05, 0) is 63.3 Å². The maximum absolute atomic E-state index is 12.2. The molecule has 1 aliphatic heterocycles. The van der Waals surface area contributed by atoms with E-state index in [1.807, 2.05) is 7.05 Å². The number of amides is 1. The average Bonchev–Trinajstić information content (AvgIpc) is 3.01. The number of anilines is 1. The highest BCUT2D eigenvalue weighted by atomic mass is 32.1. The van der Waals surface area contributed by atoms with Crippen LogP contribution in [-0.2, 0) is 9.53 Å². The zero-order valence-electron chi connectivity index (χ0n) is 13.8. The molecule has 0 bridgehead atoms. The van der Waals surface area contributed by atoms with Crippen LogP contribution in [-0.4, -0.2) is 57.1 Å². The van der Waals surface area contributed by atoms with Crippen molar-refractivity contribution in [3.63, 3.8) is 0 Å². The number of methoxy groups -OCH3 is 1. The number of rotatable bonds is 7. The standard InChI is InChI=1S/C16H25N3O3S/c1-17-7-3-12-4-8-19(9-5-12)11-14(20)18-13-6-10-23-15(13)16(21)22-2/h6,10,12,17H,3-5,7-9,11H2,1-2H3,(H,18,20). The average molecular weight is 339 g/mol. The molecule has 1 aliphatic rings. The van der Waals surface area contributed by atoms with Gasteiger partial charge in [-0.1, -0.05) is 0 Å². The molecule has 0 atom stereocenters. The van der Waals surface area contributed by atoms with Crippen molar-refractivity contribution in [3.8, 4) is 0 Å². The number of nitrogens with one attached hydrogen (secondary N) is 2. The smallest absolute Gasteiger partial charge is 0.350 e. The summed E-state index contributed by atoms with van der Waals surface area (Å²) in [6.07, 6.45) is 3.48. The van der Waals surface area contributed by atoms with E-state index >= 15 is 0 Å². The third-order valence-electron chi connectivity index (χ3n) is 4.19. The predicted octanol–water partition coefficient (Wildman–Crippen LogP) is 1.79. The molecule has 2 N–H and O–H groups in total. The highest BCUT2D eigenvalue weighted by Crippen LogP contribution is 2.23. The maximum atomic E-state index is 12.2. The Morgan fingerprint density at radius 1 is 1.39 bits per heavy atom. The fourth-order valence-corrected chi connectivity index (χ4v) is 3.60. The van der Waals surface area contributed by atoms with E-state index in [1.54, 1.807) is 11.4 Å². The van der Waals surface area contributed by atoms with Crippen molar-refractivity contribution in [2.75, 3.05) is 45.7 Å². The molecule has 0 unspecified atom stereocenters. The minimum atomic E-state index is -0.416. The summed E-state index contributed by atoms with van der Waals surface area (Å²) in [5, 5.41) is 7.78. The SMILES string of the molecule is CNCCC1CCN(CC(=O)Nc2ccsc2C(=O)OC)CC1. The van der Waals surface area contributed by atoms with Crippen LogP contribution in [0.4, 0.5) is 5.69 Å². The molecular formula is C16H25N3O3S. The molecule has 1 fully saturated rings. The topological polar surface area (TPSA) is 70.7 Å². The van der Waals surface area contributed by atoms with Crippen molar-refractivity contribution in [3.05, 3.63) is 16.3 Å². The molecule has 0 aliphatic carbocycles. The van der Waals surface area contributed by atoms with Crippen LogP contribution in [0.2, 0.25) is 0 Å². The van der Waals surface area contributed by atoms with Gasteiger partial charge in [0, 0.05) is 0 Å². The summed E-state index contributed by atoms with van der Waals surface area (Å²) in [6.45, 7) is 3.33. The first-order valence-electron chi connectivity index (χ1n) is 7.96. The molecule has 0 radical (unpaired) electrons. The predicted molar refractivity (Wildman–Crippen MR) is 92.0 cm³/mol. The van der Waals surface area contributed by atoms with E-state index < -0.39 is 5.97 Å². The number of thiophene rings is 1. The quantitative estimate of drug-likeness (QED) is 0.741. The molecule has 128 valence electrons. The first-order valence-corrected chi connectivity index (χ1v) is 8.84. The van der Waals surface area contributed by atoms with Gasteiger partial charge in [0.15, 0.2) is 0 Å². The molecule has 0 saturated carbocycles. The number of hydrogen-bond acceptors (Lipinski definition) is 6. The van der Waals surface area contributed by atoms with Crippen LogP contribution in [0.3, 0.4) is 0 Å². The van der Waals surface area contributed by atoms with E-state index in [-0.39, 0.29) is 5.91 Å². The van der Waals surface area contributed by atoms with Crippen molar-refractivity contribution < 1.29 is 14.3 Å². The summed E-state index contributed by atoms with van der Waals surface area (Å²) in [5.41, 5.74) is 0.538.